The average molecular weight is 579 g/mol. The first-order valence-electron chi connectivity index (χ1n) is 13.5. The number of ketones is 1. The summed E-state index contributed by atoms with van der Waals surface area (Å²) < 4.78 is 36.3. The number of hydrogen-bond acceptors (Lipinski definition) is 8. The second kappa shape index (κ2) is 12.5. The van der Waals surface area contributed by atoms with Gasteiger partial charge in [-0.2, -0.15) is 0 Å². The molecule has 4 rings (SSSR count). The van der Waals surface area contributed by atoms with E-state index in [0.29, 0.717) is 34.1 Å². The van der Waals surface area contributed by atoms with Crippen LogP contribution in [0.1, 0.15) is 38.3 Å². The first-order valence-corrected chi connectivity index (χ1v) is 13.5. The van der Waals surface area contributed by atoms with Gasteiger partial charge in [0.05, 0.1) is 25.1 Å². The molecule has 0 spiro atoms. The van der Waals surface area contributed by atoms with Crippen LogP contribution in [0.2, 0.25) is 0 Å². The third kappa shape index (κ3) is 6.48. The maximum absolute atomic E-state index is 14.0. The van der Waals surface area contributed by atoms with E-state index in [1.807, 2.05) is 32.9 Å². The number of aryl methyl sites for hydroxylation is 1. The molecule has 1 aliphatic heterocycles. The number of halogens is 1. The van der Waals surface area contributed by atoms with Crippen LogP contribution in [0.5, 0.6) is 17.2 Å². The first kappa shape index (κ1) is 30.4. The normalized spacial score (nSPS) is 13.6. The number of likely N-dealkylation sites (N-methyl/N-ethyl adjacent to an activating group) is 1. The van der Waals surface area contributed by atoms with Gasteiger partial charge in [-0.25, -0.2) is 4.39 Å². The smallest absolute Gasteiger partial charge is 0.313 e. The Morgan fingerprint density at radius 3 is 2.45 bits per heavy atom. The molecular formula is C32H35FN2O7. The molecule has 9 nitrogen and oxygen atoms in total. The highest BCUT2D eigenvalue weighted by molar-refractivity contribution is 6.08. The number of carbonyl (C=O) groups is 3. The van der Waals surface area contributed by atoms with Crippen LogP contribution in [0, 0.1) is 12.7 Å². The number of esters is 1. The van der Waals surface area contributed by atoms with Gasteiger partial charge in [0.15, 0.2) is 5.78 Å². The Morgan fingerprint density at radius 2 is 1.74 bits per heavy atom. The number of nitrogens with zero attached hydrogens (tertiary/aromatic N) is 1. The number of rotatable bonds is 11. The van der Waals surface area contributed by atoms with Gasteiger partial charge >= 0.3 is 5.97 Å². The Bertz CT molecular complexity index is 1520. The van der Waals surface area contributed by atoms with Crippen molar-refractivity contribution in [2.24, 2.45) is 0 Å². The average Bonchev–Trinajstić information content (AvgIpc) is 2.95. The van der Waals surface area contributed by atoms with Gasteiger partial charge in [-0.3, -0.25) is 14.4 Å². The SMILES string of the molecule is CCOC(=O)CC(=O)COc1ccc(-c2ccc3c(c2COc2cc(F)ccc2C)N(C)C(=O)C(C)(C)N3)c(OC)c1. The highest BCUT2D eigenvalue weighted by Crippen LogP contribution is 2.45. The van der Waals surface area contributed by atoms with Crippen molar-refractivity contribution in [2.75, 3.05) is 37.6 Å². The van der Waals surface area contributed by atoms with Crippen LogP contribution in [0.15, 0.2) is 48.5 Å². The third-order valence-electron chi connectivity index (χ3n) is 6.94. The topological polar surface area (TPSA) is 103 Å². The summed E-state index contributed by atoms with van der Waals surface area (Å²) in [5.74, 6) is -0.350. The molecule has 1 aliphatic rings. The van der Waals surface area contributed by atoms with Gasteiger partial charge in [0.1, 0.15) is 48.2 Å². The minimum absolute atomic E-state index is 0.0340. The number of amides is 1. The zero-order valence-corrected chi connectivity index (χ0v) is 24.6. The van der Waals surface area contributed by atoms with Gasteiger partial charge in [-0.05, 0) is 63.1 Å². The molecule has 3 aromatic carbocycles. The predicted molar refractivity (Wildman–Crippen MR) is 157 cm³/mol. The van der Waals surface area contributed by atoms with Gasteiger partial charge in [-0.1, -0.05) is 12.1 Å². The number of anilines is 2. The molecule has 0 aliphatic carbocycles. The van der Waals surface area contributed by atoms with Gasteiger partial charge < -0.3 is 29.2 Å². The molecule has 10 heteroatoms. The molecule has 0 saturated carbocycles. The maximum atomic E-state index is 14.0. The van der Waals surface area contributed by atoms with Crippen LogP contribution < -0.4 is 24.4 Å². The molecule has 0 bridgehead atoms. The lowest BCUT2D eigenvalue weighted by Gasteiger charge is -2.39. The number of fused-ring (bicyclic) bond motifs is 1. The number of Topliss-reactive ketones (excluding diaryl/α,β-unsaturated/α-hetero) is 1. The van der Waals surface area contributed by atoms with E-state index in [4.69, 9.17) is 18.9 Å². The van der Waals surface area contributed by atoms with E-state index < -0.39 is 23.1 Å². The summed E-state index contributed by atoms with van der Waals surface area (Å²) in [6.45, 7) is 7.05. The molecule has 0 radical (unpaired) electrons. The molecule has 0 saturated heterocycles. The molecule has 0 aromatic heterocycles. The van der Waals surface area contributed by atoms with Crippen molar-refractivity contribution in [2.45, 2.75) is 46.3 Å². The molecule has 1 amide bonds. The minimum Gasteiger partial charge on any atom is -0.496 e. The number of nitrogens with one attached hydrogen (secondary N) is 1. The van der Waals surface area contributed by atoms with Crippen molar-refractivity contribution >= 4 is 29.0 Å². The molecule has 1 heterocycles. The molecule has 0 unspecified atom stereocenters. The Balaban J connectivity index is 1.71. The fourth-order valence-electron chi connectivity index (χ4n) is 4.88. The van der Waals surface area contributed by atoms with Crippen molar-refractivity contribution in [1.82, 2.24) is 0 Å². The molecule has 1 N–H and O–H groups in total. The van der Waals surface area contributed by atoms with Gasteiger partial charge in [0, 0.05) is 30.3 Å². The fourth-order valence-corrected chi connectivity index (χ4v) is 4.88. The summed E-state index contributed by atoms with van der Waals surface area (Å²) in [4.78, 5) is 38.6. The number of benzene rings is 3. The van der Waals surface area contributed by atoms with Gasteiger partial charge in [0.25, 0.3) is 5.91 Å². The Morgan fingerprint density at radius 1 is 1.00 bits per heavy atom. The van der Waals surface area contributed by atoms with Crippen molar-refractivity contribution in [3.8, 4) is 28.4 Å². The van der Waals surface area contributed by atoms with E-state index in [-0.39, 0.29) is 32.1 Å². The highest BCUT2D eigenvalue weighted by Gasteiger charge is 2.38. The summed E-state index contributed by atoms with van der Waals surface area (Å²) in [6, 6.07) is 13.3. The summed E-state index contributed by atoms with van der Waals surface area (Å²) >= 11 is 0. The van der Waals surface area contributed by atoms with Gasteiger partial charge in [0.2, 0.25) is 0 Å². The van der Waals surface area contributed by atoms with E-state index in [1.165, 1.54) is 19.2 Å². The van der Waals surface area contributed by atoms with E-state index >= 15 is 0 Å². The molecule has 0 fully saturated rings. The van der Waals surface area contributed by atoms with Gasteiger partial charge in [-0.15, -0.1) is 0 Å². The Hall–Kier alpha value is -4.60. The van der Waals surface area contributed by atoms with E-state index in [0.717, 1.165) is 16.8 Å². The summed E-state index contributed by atoms with van der Waals surface area (Å²) in [5, 5.41) is 3.32. The molecule has 3 aromatic rings. The number of methoxy groups -OCH3 is 1. The van der Waals surface area contributed by atoms with Crippen LogP contribution in [0.3, 0.4) is 0 Å². The van der Waals surface area contributed by atoms with Crippen LogP contribution >= 0.6 is 0 Å². The minimum atomic E-state index is -0.818. The standard InChI is InChI=1S/C32H35FN2O7/c1-7-40-29(37)15-21(36)17-41-22-10-11-24(28(16-22)39-6)23-12-13-26-30(35(5)31(38)32(3,4)34-26)25(23)18-42-27-14-20(33)9-8-19(27)2/h8-14,16,34H,7,15,17-18H2,1-6H3. The monoisotopic (exact) mass is 578 g/mol. The maximum Gasteiger partial charge on any atom is 0.313 e. The highest BCUT2D eigenvalue weighted by atomic mass is 19.1. The second-order valence-corrected chi connectivity index (χ2v) is 10.5. The van der Waals surface area contributed by atoms with Crippen LogP contribution in [0.25, 0.3) is 11.1 Å². The van der Waals surface area contributed by atoms with Crippen LogP contribution in [-0.4, -0.2) is 50.6 Å². The zero-order valence-electron chi connectivity index (χ0n) is 24.6. The lowest BCUT2D eigenvalue weighted by atomic mass is 9.91. The Labute approximate surface area is 244 Å². The van der Waals surface area contributed by atoms with E-state index in [9.17, 15) is 18.8 Å². The van der Waals surface area contributed by atoms with Crippen molar-refractivity contribution in [3.05, 3.63) is 65.5 Å². The molecule has 42 heavy (non-hydrogen) atoms. The first-order chi connectivity index (χ1) is 19.9. The van der Waals surface area contributed by atoms with E-state index in [2.05, 4.69) is 5.32 Å². The quantitative estimate of drug-likeness (QED) is 0.237. The molecule has 0 atom stereocenters. The third-order valence-corrected chi connectivity index (χ3v) is 6.94. The number of carbonyl (C=O) groups excluding carboxylic acids is 3. The van der Waals surface area contributed by atoms with Crippen molar-refractivity contribution in [3.63, 3.8) is 0 Å². The lowest BCUT2D eigenvalue weighted by molar-refractivity contribution is -0.146. The summed E-state index contributed by atoms with van der Waals surface area (Å²) in [6.07, 6.45) is -0.372. The zero-order chi connectivity index (χ0) is 30.6. The van der Waals surface area contributed by atoms with Crippen molar-refractivity contribution in [1.29, 1.82) is 0 Å². The largest absolute Gasteiger partial charge is 0.496 e. The Kier molecular flexibility index (Phi) is 9.04. The summed E-state index contributed by atoms with van der Waals surface area (Å²) in [7, 11) is 3.23. The van der Waals surface area contributed by atoms with Crippen LogP contribution in [-0.2, 0) is 25.7 Å². The number of ether oxygens (including phenoxy) is 4. The van der Waals surface area contributed by atoms with Crippen molar-refractivity contribution < 1.29 is 37.7 Å². The fraction of sp³-hybridized carbons (Fsp3) is 0.344. The van der Waals surface area contributed by atoms with Crippen LogP contribution in [0.4, 0.5) is 15.8 Å². The number of hydrogen-bond donors (Lipinski definition) is 1. The predicted octanol–water partition coefficient (Wildman–Crippen LogP) is 5.46. The lowest BCUT2D eigenvalue weighted by Crippen LogP contribution is -2.52. The molecule has 222 valence electrons. The summed E-state index contributed by atoms with van der Waals surface area (Å²) in [5.41, 5.74) is 3.44. The second-order valence-electron chi connectivity index (χ2n) is 10.5. The molecular weight excluding hydrogens is 543 g/mol. The van der Waals surface area contributed by atoms with E-state index in [1.54, 1.807) is 43.1 Å².